The van der Waals surface area contributed by atoms with Gasteiger partial charge in [0.25, 0.3) is 0 Å². The van der Waals surface area contributed by atoms with Gasteiger partial charge in [0.05, 0.1) is 22.1 Å². The number of aromatic nitrogens is 2. The van der Waals surface area contributed by atoms with E-state index in [0.717, 1.165) is 11.4 Å². The van der Waals surface area contributed by atoms with Crippen molar-refractivity contribution in [2.75, 3.05) is 0 Å². The Morgan fingerprint density at radius 2 is 0.686 bits per heavy atom. The summed E-state index contributed by atoms with van der Waals surface area (Å²) < 4.78 is 7.60. The van der Waals surface area contributed by atoms with Crippen LogP contribution in [0.2, 0.25) is 0 Å². The van der Waals surface area contributed by atoms with E-state index in [1.54, 1.807) is 0 Å². The van der Waals surface area contributed by atoms with E-state index in [2.05, 4.69) is 276 Å². The molecule has 14 rings (SSSR count). The van der Waals surface area contributed by atoms with Crippen molar-refractivity contribution in [1.82, 2.24) is 9.13 Å². The highest BCUT2D eigenvalue weighted by atomic mass is 32.1. The Morgan fingerprint density at radius 3 is 1.33 bits per heavy atom. The van der Waals surface area contributed by atoms with Gasteiger partial charge in [-0.2, -0.15) is 0 Å². The number of nitrogens with zero attached hydrogens (tertiary/aromatic N) is 2. The highest BCUT2D eigenvalue weighted by molar-refractivity contribution is 7.25. The average molecular weight is 925 g/mol. The third kappa shape index (κ3) is 6.31. The summed E-state index contributed by atoms with van der Waals surface area (Å²) in [4.78, 5) is 0. The fourth-order valence-electron chi connectivity index (χ4n) is 11.5. The van der Waals surface area contributed by atoms with Crippen LogP contribution in [0.5, 0.6) is 0 Å². The molecule has 0 bridgehead atoms. The summed E-state index contributed by atoms with van der Waals surface area (Å²) >= 11 is 1.87. The summed E-state index contributed by atoms with van der Waals surface area (Å²) in [6.07, 6.45) is 0. The van der Waals surface area contributed by atoms with Crippen LogP contribution in [0.3, 0.4) is 0 Å². The lowest BCUT2D eigenvalue weighted by molar-refractivity contribution is 1.17. The molecule has 0 atom stereocenters. The number of thiophene rings is 1. The Balaban J connectivity index is 0.961. The maximum Gasteiger partial charge on any atom is 0.179 e. The minimum absolute atomic E-state index is 1.14. The summed E-state index contributed by atoms with van der Waals surface area (Å²) in [5, 5.41) is 13.0. The monoisotopic (exact) mass is 924 g/mol. The Bertz CT molecular complexity index is 4190. The van der Waals surface area contributed by atoms with Gasteiger partial charge in [-0.25, -0.2) is 0 Å². The standard InChI is InChI=1S/C66H44N2SSi/c1-5-18-45(19-6-1)46-33-37-62-58(40-46)59-41-47(48-32-36-57-56-29-14-16-31-65(56)69-66(57)42-48)34-38-63(59)68(62)50-35-39-64-60(44-50)55-28-13-15-30-61(55)67(64)49-20-17-27-54(43-49)70(51-21-7-2-8-22-51,52-23-9-3-10-24-52)53-25-11-4-12-26-53/h1-44H. The van der Waals surface area contributed by atoms with E-state index in [4.69, 9.17) is 0 Å². The van der Waals surface area contributed by atoms with Crippen molar-refractivity contribution in [3.05, 3.63) is 267 Å². The molecule has 0 aliphatic rings. The van der Waals surface area contributed by atoms with Crippen molar-refractivity contribution >= 4 is 104 Å². The Kier molecular flexibility index (Phi) is 9.44. The van der Waals surface area contributed by atoms with Gasteiger partial charge >= 0.3 is 0 Å². The number of para-hydroxylation sites is 1. The first-order valence-corrected chi connectivity index (χ1v) is 26.9. The van der Waals surface area contributed by atoms with Crippen molar-refractivity contribution in [2.24, 2.45) is 0 Å². The number of rotatable bonds is 8. The summed E-state index contributed by atoms with van der Waals surface area (Å²) in [5.41, 5.74) is 11.9. The van der Waals surface area contributed by atoms with Crippen molar-refractivity contribution in [1.29, 1.82) is 0 Å². The number of hydrogen-bond donors (Lipinski definition) is 0. The molecule has 0 spiro atoms. The summed E-state index contributed by atoms with van der Waals surface area (Å²) in [7, 11) is -2.76. The molecule has 3 aromatic heterocycles. The van der Waals surface area contributed by atoms with E-state index in [9.17, 15) is 0 Å². The second-order valence-corrected chi connectivity index (χ2v) is 23.3. The first-order valence-electron chi connectivity index (χ1n) is 24.1. The van der Waals surface area contributed by atoms with E-state index in [1.165, 1.54) is 107 Å². The summed E-state index contributed by atoms with van der Waals surface area (Å²) in [6.45, 7) is 0. The summed E-state index contributed by atoms with van der Waals surface area (Å²) in [5.74, 6) is 0. The average Bonchev–Trinajstić information content (AvgIpc) is 4.09. The summed E-state index contributed by atoms with van der Waals surface area (Å²) in [6, 6.07) is 99.6. The van der Waals surface area contributed by atoms with Gasteiger partial charge in [0.1, 0.15) is 0 Å². The zero-order chi connectivity index (χ0) is 46.2. The SMILES string of the molecule is c1ccc(-c2ccc3c(c2)c2cc(-c4ccc5c(c4)sc4ccccc45)ccc2n3-c2ccc3c(c2)c2ccccc2n3-c2cccc([Si](c3ccccc3)(c3ccccc3)c3ccccc3)c2)cc1. The van der Waals surface area contributed by atoms with Crippen LogP contribution in [-0.2, 0) is 0 Å². The minimum Gasteiger partial charge on any atom is -0.309 e. The molecule has 0 unspecified atom stereocenters. The molecule has 0 aliphatic carbocycles. The lowest BCUT2D eigenvalue weighted by atomic mass is 9.99. The van der Waals surface area contributed by atoms with Crippen LogP contribution in [0.15, 0.2) is 267 Å². The van der Waals surface area contributed by atoms with Gasteiger partial charge < -0.3 is 9.13 Å². The Morgan fingerprint density at radius 1 is 0.243 bits per heavy atom. The molecule has 0 saturated heterocycles. The maximum atomic E-state index is 2.48. The van der Waals surface area contributed by atoms with Crippen LogP contribution in [0, 0.1) is 0 Å². The predicted octanol–water partition coefficient (Wildman–Crippen LogP) is 15.0. The first-order chi connectivity index (χ1) is 34.7. The zero-order valence-electron chi connectivity index (χ0n) is 38.2. The van der Waals surface area contributed by atoms with Gasteiger partial charge in [-0.1, -0.05) is 194 Å². The molecule has 11 aromatic carbocycles. The van der Waals surface area contributed by atoms with Gasteiger partial charge in [-0.3, -0.25) is 0 Å². The fraction of sp³-hybridized carbons (Fsp3) is 0. The topological polar surface area (TPSA) is 9.86 Å². The number of hydrogen-bond acceptors (Lipinski definition) is 1. The van der Waals surface area contributed by atoms with Gasteiger partial charge in [-0.05, 0) is 116 Å². The van der Waals surface area contributed by atoms with Crippen molar-refractivity contribution in [3.63, 3.8) is 0 Å². The third-order valence-corrected chi connectivity index (χ3v) is 20.6. The molecule has 14 aromatic rings. The van der Waals surface area contributed by atoms with Crippen LogP contribution < -0.4 is 20.7 Å². The normalized spacial score (nSPS) is 12.0. The van der Waals surface area contributed by atoms with Crippen LogP contribution >= 0.6 is 11.3 Å². The largest absolute Gasteiger partial charge is 0.309 e. The molecule has 0 amide bonds. The number of fused-ring (bicyclic) bond motifs is 9. The van der Waals surface area contributed by atoms with E-state index in [1.807, 2.05) is 11.3 Å². The zero-order valence-corrected chi connectivity index (χ0v) is 40.0. The smallest absolute Gasteiger partial charge is 0.179 e. The Labute approximate surface area is 411 Å². The molecule has 0 N–H and O–H groups in total. The molecule has 4 heteroatoms. The molecule has 2 nitrogen and oxygen atoms in total. The molecular formula is C66H44N2SSi. The van der Waals surface area contributed by atoms with E-state index < -0.39 is 8.07 Å². The van der Waals surface area contributed by atoms with Gasteiger partial charge in [0, 0.05) is 53.1 Å². The second-order valence-electron chi connectivity index (χ2n) is 18.4. The Hall–Kier alpha value is -8.54. The third-order valence-electron chi connectivity index (χ3n) is 14.7. The first kappa shape index (κ1) is 40.5. The molecule has 0 fully saturated rings. The molecule has 328 valence electrons. The molecular weight excluding hydrogens is 881 g/mol. The van der Waals surface area contributed by atoms with Crippen molar-refractivity contribution in [3.8, 4) is 33.6 Å². The minimum atomic E-state index is -2.76. The highest BCUT2D eigenvalue weighted by Crippen LogP contribution is 2.41. The van der Waals surface area contributed by atoms with Gasteiger partial charge in [0.15, 0.2) is 8.07 Å². The van der Waals surface area contributed by atoms with Crippen molar-refractivity contribution < 1.29 is 0 Å². The highest BCUT2D eigenvalue weighted by Gasteiger charge is 2.41. The maximum absolute atomic E-state index is 2.76. The number of benzene rings is 11. The lowest BCUT2D eigenvalue weighted by Crippen LogP contribution is -2.74. The van der Waals surface area contributed by atoms with E-state index in [0.29, 0.717) is 0 Å². The molecule has 0 radical (unpaired) electrons. The molecule has 0 aliphatic heterocycles. The quantitative estimate of drug-likeness (QED) is 0.106. The van der Waals surface area contributed by atoms with Crippen LogP contribution in [-0.4, -0.2) is 17.2 Å². The second kappa shape index (κ2) is 16.3. The van der Waals surface area contributed by atoms with Crippen LogP contribution in [0.25, 0.3) is 97.4 Å². The molecule has 0 saturated carbocycles. The molecule has 70 heavy (non-hydrogen) atoms. The predicted molar refractivity (Wildman–Crippen MR) is 302 cm³/mol. The van der Waals surface area contributed by atoms with Gasteiger partial charge in [0.2, 0.25) is 0 Å². The van der Waals surface area contributed by atoms with Gasteiger partial charge in [-0.15, -0.1) is 11.3 Å². The van der Waals surface area contributed by atoms with Crippen molar-refractivity contribution in [2.45, 2.75) is 0 Å². The van der Waals surface area contributed by atoms with Crippen LogP contribution in [0.4, 0.5) is 0 Å². The molecule has 3 heterocycles. The van der Waals surface area contributed by atoms with E-state index in [-0.39, 0.29) is 0 Å². The fourth-order valence-corrected chi connectivity index (χ4v) is 17.5. The van der Waals surface area contributed by atoms with E-state index >= 15 is 0 Å². The lowest BCUT2D eigenvalue weighted by Gasteiger charge is -2.34. The van der Waals surface area contributed by atoms with Crippen LogP contribution in [0.1, 0.15) is 0 Å².